The molecule has 0 bridgehead atoms. The molecule has 1 nitrogen and oxygen atoms in total. The molecular formula is C19H23N. The summed E-state index contributed by atoms with van der Waals surface area (Å²) in [6.45, 7) is 3.29. The van der Waals surface area contributed by atoms with Gasteiger partial charge in [-0.2, -0.15) is 0 Å². The van der Waals surface area contributed by atoms with E-state index in [1.807, 2.05) is 0 Å². The summed E-state index contributed by atoms with van der Waals surface area (Å²) >= 11 is 0. The molecule has 0 spiro atoms. The summed E-state index contributed by atoms with van der Waals surface area (Å²) in [6, 6.07) is 20.2. The number of rotatable bonds is 4. The van der Waals surface area contributed by atoms with Gasteiger partial charge in [-0.05, 0) is 48.8 Å². The molecule has 2 aromatic rings. The van der Waals surface area contributed by atoms with E-state index in [4.69, 9.17) is 0 Å². The highest BCUT2D eigenvalue weighted by Crippen LogP contribution is 2.33. The Balaban J connectivity index is 1.67. The van der Waals surface area contributed by atoms with Crippen LogP contribution in [0.2, 0.25) is 0 Å². The average molecular weight is 265 g/mol. The van der Waals surface area contributed by atoms with Crippen molar-refractivity contribution in [3.63, 3.8) is 0 Å². The van der Waals surface area contributed by atoms with E-state index < -0.39 is 0 Å². The SMILES string of the molecule is C[C@H](NCc1ccccc1)C1CCCc2ccccc21. The van der Waals surface area contributed by atoms with Crippen LogP contribution in [0.15, 0.2) is 54.6 Å². The predicted octanol–water partition coefficient (Wildman–Crippen LogP) is 4.28. The van der Waals surface area contributed by atoms with Crippen LogP contribution in [-0.2, 0) is 13.0 Å². The lowest BCUT2D eigenvalue weighted by atomic mass is 9.79. The minimum absolute atomic E-state index is 0.525. The summed E-state index contributed by atoms with van der Waals surface area (Å²) in [5.41, 5.74) is 4.48. The van der Waals surface area contributed by atoms with E-state index in [-0.39, 0.29) is 0 Å². The van der Waals surface area contributed by atoms with E-state index in [1.165, 1.54) is 24.8 Å². The molecular weight excluding hydrogens is 242 g/mol. The van der Waals surface area contributed by atoms with E-state index in [1.54, 1.807) is 11.1 Å². The first kappa shape index (κ1) is 13.4. The molecule has 2 aromatic carbocycles. The van der Waals surface area contributed by atoms with Crippen molar-refractivity contribution in [3.8, 4) is 0 Å². The van der Waals surface area contributed by atoms with E-state index in [9.17, 15) is 0 Å². The number of nitrogens with one attached hydrogen (secondary N) is 1. The van der Waals surface area contributed by atoms with Crippen molar-refractivity contribution in [3.05, 3.63) is 71.3 Å². The zero-order valence-corrected chi connectivity index (χ0v) is 12.2. The molecule has 0 fully saturated rings. The van der Waals surface area contributed by atoms with E-state index in [0.29, 0.717) is 12.0 Å². The fraction of sp³-hybridized carbons (Fsp3) is 0.368. The standard InChI is InChI=1S/C19H23N/c1-15(20-14-16-8-3-2-4-9-16)18-13-7-11-17-10-5-6-12-19(17)18/h2-6,8-10,12,15,18,20H,7,11,13-14H2,1H3/t15-,18?/m0/s1. The quantitative estimate of drug-likeness (QED) is 0.870. The molecule has 2 atom stereocenters. The second-order valence-electron chi connectivity index (χ2n) is 5.85. The molecule has 20 heavy (non-hydrogen) atoms. The largest absolute Gasteiger partial charge is 0.310 e. The summed E-state index contributed by atoms with van der Waals surface area (Å²) in [6.07, 6.45) is 3.87. The second-order valence-corrected chi connectivity index (χ2v) is 5.85. The third-order valence-electron chi connectivity index (χ3n) is 4.49. The average Bonchev–Trinajstić information content (AvgIpc) is 2.53. The molecule has 1 unspecified atom stereocenters. The van der Waals surface area contributed by atoms with Gasteiger partial charge in [-0.15, -0.1) is 0 Å². The number of hydrogen-bond acceptors (Lipinski definition) is 1. The number of hydrogen-bond donors (Lipinski definition) is 1. The maximum Gasteiger partial charge on any atom is 0.0208 e. The number of fused-ring (bicyclic) bond motifs is 1. The fourth-order valence-electron chi connectivity index (χ4n) is 3.33. The summed E-state index contributed by atoms with van der Waals surface area (Å²) in [5, 5.41) is 3.71. The first-order valence-electron chi connectivity index (χ1n) is 7.69. The minimum atomic E-state index is 0.525. The monoisotopic (exact) mass is 265 g/mol. The molecule has 0 saturated heterocycles. The van der Waals surface area contributed by atoms with Crippen LogP contribution < -0.4 is 5.32 Å². The first-order chi connectivity index (χ1) is 9.84. The van der Waals surface area contributed by atoms with E-state index >= 15 is 0 Å². The van der Waals surface area contributed by atoms with Gasteiger partial charge in [0.25, 0.3) is 0 Å². The Morgan fingerprint density at radius 2 is 1.80 bits per heavy atom. The zero-order valence-electron chi connectivity index (χ0n) is 12.2. The molecule has 0 amide bonds. The molecule has 0 aromatic heterocycles. The van der Waals surface area contributed by atoms with Crippen molar-refractivity contribution in [1.29, 1.82) is 0 Å². The van der Waals surface area contributed by atoms with Gasteiger partial charge in [-0.25, -0.2) is 0 Å². The summed E-state index contributed by atoms with van der Waals surface area (Å²) in [7, 11) is 0. The van der Waals surface area contributed by atoms with Crippen LogP contribution in [0, 0.1) is 0 Å². The molecule has 104 valence electrons. The molecule has 0 aliphatic heterocycles. The van der Waals surface area contributed by atoms with Gasteiger partial charge in [-0.3, -0.25) is 0 Å². The van der Waals surface area contributed by atoms with Gasteiger partial charge >= 0.3 is 0 Å². The fourth-order valence-corrected chi connectivity index (χ4v) is 3.33. The topological polar surface area (TPSA) is 12.0 Å². The maximum absolute atomic E-state index is 3.71. The van der Waals surface area contributed by atoms with Crippen LogP contribution in [0.25, 0.3) is 0 Å². The van der Waals surface area contributed by atoms with Gasteiger partial charge in [0.2, 0.25) is 0 Å². The van der Waals surface area contributed by atoms with Gasteiger partial charge in [0.05, 0.1) is 0 Å². The first-order valence-corrected chi connectivity index (χ1v) is 7.69. The van der Waals surface area contributed by atoms with Crippen LogP contribution in [0.1, 0.15) is 42.4 Å². The van der Waals surface area contributed by atoms with Crippen molar-refractivity contribution >= 4 is 0 Å². The maximum atomic E-state index is 3.71. The van der Waals surface area contributed by atoms with Crippen LogP contribution in [0.3, 0.4) is 0 Å². The molecule has 3 rings (SSSR count). The van der Waals surface area contributed by atoms with Crippen LogP contribution in [0.5, 0.6) is 0 Å². The lowest BCUT2D eigenvalue weighted by Gasteiger charge is -2.31. The summed E-state index contributed by atoms with van der Waals surface area (Å²) in [4.78, 5) is 0. The Morgan fingerprint density at radius 1 is 1.05 bits per heavy atom. The third kappa shape index (κ3) is 2.94. The van der Waals surface area contributed by atoms with Crippen molar-refractivity contribution in [2.75, 3.05) is 0 Å². The van der Waals surface area contributed by atoms with E-state index in [0.717, 1.165) is 6.54 Å². The van der Waals surface area contributed by atoms with Crippen molar-refractivity contribution < 1.29 is 0 Å². The molecule has 0 radical (unpaired) electrons. The molecule has 0 saturated carbocycles. The Bertz CT molecular complexity index is 547. The van der Waals surface area contributed by atoms with Crippen molar-refractivity contribution in [1.82, 2.24) is 5.32 Å². The molecule has 1 aliphatic rings. The number of benzene rings is 2. The summed E-state index contributed by atoms with van der Waals surface area (Å²) in [5.74, 6) is 0.656. The van der Waals surface area contributed by atoms with Crippen LogP contribution in [0.4, 0.5) is 0 Å². The van der Waals surface area contributed by atoms with Gasteiger partial charge in [0.1, 0.15) is 0 Å². The Kier molecular flexibility index (Phi) is 4.17. The normalized spacial score (nSPS) is 19.4. The van der Waals surface area contributed by atoms with Gasteiger partial charge < -0.3 is 5.32 Å². The second kappa shape index (κ2) is 6.23. The lowest BCUT2D eigenvalue weighted by Crippen LogP contribution is -2.33. The molecule has 0 heterocycles. The van der Waals surface area contributed by atoms with Gasteiger partial charge in [0.15, 0.2) is 0 Å². The van der Waals surface area contributed by atoms with Crippen LogP contribution >= 0.6 is 0 Å². The predicted molar refractivity (Wildman–Crippen MR) is 84.9 cm³/mol. The highest BCUT2D eigenvalue weighted by Gasteiger charge is 2.24. The van der Waals surface area contributed by atoms with Crippen LogP contribution in [-0.4, -0.2) is 6.04 Å². The van der Waals surface area contributed by atoms with Gasteiger partial charge in [-0.1, -0.05) is 54.6 Å². The van der Waals surface area contributed by atoms with Crippen molar-refractivity contribution in [2.24, 2.45) is 0 Å². The minimum Gasteiger partial charge on any atom is -0.310 e. The number of aryl methyl sites for hydroxylation is 1. The Labute approximate surface area is 122 Å². The van der Waals surface area contributed by atoms with Crippen molar-refractivity contribution in [2.45, 2.75) is 44.7 Å². The highest BCUT2D eigenvalue weighted by atomic mass is 14.9. The highest BCUT2D eigenvalue weighted by molar-refractivity contribution is 5.33. The summed E-state index contributed by atoms with van der Waals surface area (Å²) < 4.78 is 0. The zero-order chi connectivity index (χ0) is 13.8. The van der Waals surface area contributed by atoms with E-state index in [2.05, 4.69) is 66.8 Å². The third-order valence-corrected chi connectivity index (χ3v) is 4.49. The Morgan fingerprint density at radius 3 is 2.65 bits per heavy atom. The molecule has 1 heteroatoms. The lowest BCUT2D eigenvalue weighted by molar-refractivity contribution is 0.413. The molecule has 1 N–H and O–H groups in total. The Hall–Kier alpha value is -1.60. The molecule has 1 aliphatic carbocycles. The smallest absolute Gasteiger partial charge is 0.0208 e. The van der Waals surface area contributed by atoms with Gasteiger partial charge in [0, 0.05) is 12.6 Å².